The number of anilines is 1. The van der Waals surface area contributed by atoms with E-state index in [1.54, 1.807) is 24.3 Å². The molecule has 4 aromatic rings. The molecule has 52 heavy (non-hydrogen) atoms. The summed E-state index contributed by atoms with van der Waals surface area (Å²) in [5.74, 6) is -0.221. The van der Waals surface area contributed by atoms with Crippen molar-refractivity contribution in [2.45, 2.75) is 50.2 Å². The number of halogens is 2. The number of carbonyl (C=O) groups excluding carboxylic acids is 2. The number of nitrogens with zero attached hydrogens (tertiary/aromatic N) is 2. The fourth-order valence-electron chi connectivity index (χ4n) is 5.46. The van der Waals surface area contributed by atoms with Crippen LogP contribution in [0.5, 0.6) is 23.0 Å². The van der Waals surface area contributed by atoms with Crippen LogP contribution >= 0.6 is 23.2 Å². The van der Waals surface area contributed by atoms with Crippen LogP contribution < -0.4 is 28.6 Å². The Labute approximate surface area is 315 Å². The maximum Gasteiger partial charge on any atom is 0.265 e. The number of benzene rings is 4. The summed E-state index contributed by atoms with van der Waals surface area (Å²) in [4.78, 5) is 30.2. The smallest absolute Gasteiger partial charge is 0.265 e. The van der Waals surface area contributed by atoms with Crippen LogP contribution in [0.4, 0.5) is 5.69 Å². The standard InChI is InChI=1S/C38H43Cl2N3O8S/c1-7-25(2)41-38(45)33(20-26-12-9-8-10-13-26)42(23-29-30(39)14-11-15-31(29)40)37(44)24-43(32-21-27(48-3)16-18-34(32)49-4)52(46,47)28-17-19-35(50-5)36(22-28)51-6/h8-19,21-22,25,33H,7,20,23-24H2,1-6H3,(H,41,45)/t25-,33+/m0/s1. The summed E-state index contributed by atoms with van der Waals surface area (Å²) in [7, 11) is 1.08. The lowest BCUT2D eigenvalue weighted by Crippen LogP contribution is -2.54. The summed E-state index contributed by atoms with van der Waals surface area (Å²) in [6, 6.07) is 21.5. The number of hydrogen-bond acceptors (Lipinski definition) is 8. The van der Waals surface area contributed by atoms with Crippen molar-refractivity contribution in [2.75, 3.05) is 39.3 Å². The Morgan fingerprint density at radius 1 is 0.788 bits per heavy atom. The van der Waals surface area contributed by atoms with Gasteiger partial charge in [0.15, 0.2) is 11.5 Å². The van der Waals surface area contributed by atoms with E-state index in [1.165, 1.54) is 63.7 Å². The van der Waals surface area contributed by atoms with E-state index in [1.807, 2.05) is 44.2 Å². The first-order valence-corrected chi connectivity index (χ1v) is 18.6. The number of hydrogen-bond donors (Lipinski definition) is 1. The fourth-order valence-corrected chi connectivity index (χ4v) is 7.41. The van der Waals surface area contributed by atoms with Crippen molar-refractivity contribution in [1.29, 1.82) is 0 Å². The minimum atomic E-state index is -4.55. The van der Waals surface area contributed by atoms with E-state index in [0.29, 0.717) is 23.5 Å². The summed E-state index contributed by atoms with van der Waals surface area (Å²) in [6.45, 7) is 2.83. The van der Waals surface area contributed by atoms with Crippen molar-refractivity contribution in [3.8, 4) is 23.0 Å². The summed E-state index contributed by atoms with van der Waals surface area (Å²) < 4.78 is 52.1. The van der Waals surface area contributed by atoms with Gasteiger partial charge in [-0.3, -0.25) is 13.9 Å². The van der Waals surface area contributed by atoms with Crippen molar-refractivity contribution in [3.05, 3.63) is 106 Å². The molecule has 0 aliphatic heterocycles. The second-order valence-corrected chi connectivity index (χ2v) is 14.5. The largest absolute Gasteiger partial charge is 0.497 e. The Hall–Kier alpha value is -4.65. The number of carbonyl (C=O) groups is 2. The highest BCUT2D eigenvalue weighted by molar-refractivity contribution is 7.92. The summed E-state index contributed by atoms with van der Waals surface area (Å²) in [5, 5.41) is 3.55. The molecule has 278 valence electrons. The third-order valence-electron chi connectivity index (χ3n) is 8.54. The topological polar surface area (TPSA) is 124 Å². The van der Waals surface area contributed by atoms with E-state index in [4.69, 9.17) is 42.1 Å². The Morgan fingerprint density at radius 2 is 1.42 bits per heavy atom. The molecule has 2 amide bonds. The number of methoxy groups -OCH3 is 4. The minimum absolute atomic E-state index is 0.0179. The van der Waals surface area contributed by atoms with Gasteiger partial charge in [-0.25, -0.2) is 8.42 Å². The monoisotopic (exact) mass is 771 g/mol. The van der Waals surface area contributed by atoms with Crippen LogP contribution in [0.25, 0.3) is 0 Å². The Bertz CT molecular complexity index is 1940. The zero-order chi connectivity index (χ0) is 38.0. The van der Waals surface area contributed by atoms with Gasteiger partial charge in [0.2, 0.25) is 11.8 Å². The first kappa shape index (κ1) is 40.1. The predicted molar refractivity (Wildman–Crippen MR) is 202 cm³/mol. The molecule has 0 spiro atoms. The van der Waals surface area contributed by atoms with E-state index in [0.717, 1.165) is 9.87 Å². The fraction of sp³-hybridized carbons (Fsp3) is 0.316. The second-order valence-electron chi connectivity index (χ2n) is 11.8. The second kappa shape index (κ2) is 18.2. The van der Waals surface area contributed by atoms with Gasteiger partial charge in [0, 0.05) is 46.7 Å². The molecule has 14 heteroatoms. The minimum Gasteiger partial charge on any atom is -0.497 e. The molecular formula is C38H43Cl2N3O8S. The molecule has 0 bridgehead atoms. The number of amides is 2. The van der Waals surface area contributed by atoms with E-state index >= 15 is 0 Å². The molecule has 2 atom stereocenters. The molecule has 11 nitrogen and oxygen atoms in total. The highest BCUT2D eigenvalue weighted by atomic mass is 35.5. The average Bonchev–Trinajstić information content (AvgIpc) is 3.15. The van der Waals surface area contributed by atoms with Gasteiger partial charge >= 0.3 is 0 Å². The molecule has 4 aromatic carbocycles. The van der Waals surface area contributed by atoms with Crippen LogP contribution in [0.3, 0.4) is 0 Å². The van der Waals surface area contributed by atoms with Gasteiger partial charge in [-0.1, -0.05) is 66.5 Å². The van der Waals surface area contributed by atoms with Crippen LogP contribution in [0.15, 0.2) is 89.8 Å². The number of sulfonamides is 1. The Kier molecular flexibility index (Phi) is 14.1. The van der Waals surface area contributed by atoms with Crippen LogP contribution in [-0.4, -0.2) is 72.2 Å². The zero-order valence-electron chi connectivity index (χ0n) is 29.9. The first-order chi connectivity index (χ1) is 24.9. The van der Waals surface area contributed by atoms with Crippen molar-refractivity contribution in [3.63, 3.8) is 0 Å². The SMILES string of the molecule is CC[C@H](C)NC(=O)[C@@H](Cc1ccccc1)N(Cc1c(Cl)cccc1Cl)C(=O)CN(c1cc(OC)ccc1OC)S(=O)(=O)c1ccc(OC)c(OC)c1. The highest BCUT2D eigenvalue weighted by Gasteiger charge is 2.37. The van der Waals surface area contributed by atoms with Crippen LogP contribution in [0.1, 0.15) is 31.4 Å². The number of rotatable bonds is 17. The Morgan fingerprint density at radius 3 is 2.02 bits per heavy atom. The molecule has 0 saturated carbocycles. The van der Waals surface area contributed by atoms with Crippen molar-refractivity contribution in [1.82, 2.24) is 10.2 Å². The van der Waals surface area contributed by atoms with Crippen molar-refractivity contribution >= 4 is 50.7 Å². The molecule has 0 unspecified atom stereocenters. The summed E-state index contributed by atoms with van der Waals surface area (Å²) in [5.41, 5.74) is 1.19. The maximum absolute atomic E-state index is 14.9. The summed E-state index contributed by atoms with van der Waals surface area (Å²) >= 11 is 13.3. The van der Waals surface area contributed by atoms with Crippen LogP contribution in [0.2, 0.25) is 10.0 Å². The van der Waals surface area contributed by atoms with E-state index < -0.39 is 34.4 Å². The van der Waals surface area contributed by atoms with Crippen LogP contribution in [0, 0.1) is 0 Å². The lowest BCUT2D eigenvalue weighted by Gasteiger charge is -2.35. The van der Waals surface area contributed by atoms with Crippen LogP contribution in [-0.2, 0) is 32.6 Å². The lowest BCUT2D eigenvalue weighted by atomic mass is 10.0. The number of nitrogens with one attached hydrogen (secondary N) is 1. The third-order valence-corrected chi connectivity index (χ3v) is 11.0. The van der Waals surface area contributed by atoms with Gasteiger partial charge < -0.3 is 29.2 Å². The van der Waals surface area contributed by atoms with Crippen molar-refractivity contribution < 1.29 is 37.0 Å². The number of ether oxygens (including phenoxy) is 4. The predicted octanol–water partition coefficient (Wildman–Crippen LogP) is 6.78. The highest BCUT2D eigenvalue weighted by Crippen LogP contribution is 2.38. The van der Waals surface area contributed by atoms with E-state index in [-0.39, 0.29) is 51.1 Å². The molecule has 0 aliphatic carbocycles. The summed E-state index contributed by atoms with van der Waals surface area (Å²) in [6.07, 6.45) is 0.753. The average molecular weight is 773 g/mol. The molecule has 1 N–H and O–H groups in total. The van der Waals surface area contributed by atoms with Gasteiger partial charge in [0.05, 0.1) is 39.0 Å². The Balaban J connectivity index is 1.93. The molecular weight excluding hydrogens is 729 g/mol. The molecule has 0 fully saturated rings. The van der Waals surface area contributed by atoms with E-state index in [9.17, 15) is 18.0 Å². The van der Waals surface area contributed by atoms with Gasteiger partial charge in [-0.05, 0) is 55.3 Å². The lowest BCUT2D eigenvalue weighted by molar-refractivity contribution is -0.140. The molecule has 0 aliphatic rings. The third kappa shape index (κ3) is 9.41. The zero-order valence-corrected chi connectivity index (χ0v) is 32.2. The van der Waals surface area contributed by atoms with Gasteiger partial charge in [0.1, 0.15) is 24.1 Å². The normalized spacial score (nSPS) is 12.3. The molecule has 0 aromatic heterocycles. The van der Waals surface area contributed by atoms with Crippen molar-refractivity contribution in [2.24, 2.45) is 0 Å². The van der Waals surface area contributed by atoms with Gasteiger partial charge in [0.25, 0.3) is 10.0 Å². The van der Waals surface area contributed by atoms with E-state index in [2.05, 4.69) is 5.32 Å². The quantitative estimate of drug-likeness (QED) is 0.125. The maximum atomic E-state index is 14.9. The van der Waals surface area contributed by atoms with Gasteiger partial charge in [-0.15, -0.1) is 0 Å². The molecule has 0 heterocycles. The molecule has 4 rings (SSSR count). The molecule has 0 saturated heterocycles. The molecule has 0 radical (unpaired) electrons. The van der Waals surface area contributed by atoms with Gasteiger partial charge in [-0.2, -0.15) is 0 Å². The first-order valence-electron chi connectivity index (χ1n) is 16.4.